The molecule has 1 fully saturated rings. The van der Waals surface area contributed by atoms with E-state index >= 15 is 0 Å². The summed E-state index contributed by atoms with van der Waals surface area (Å²) in [4.78, 5) is 0. The van der Waals surface area contributed by atoms with E-state index in [-0.39, 0.29) is 11.9 Å². The van der Waals surface area contributed by atoms with Crippen molar-refractivity contribution in [1.29, 1.82) is 0 Å². The van der Waals surface area contributed by atoms with E-state index in [2.05, 4.69) is 5.32 Å². The van der Waals surface area contributed by atoms with Gasteiger partial charge in [-0.25, -0.2) is 4.39 Å². The Balaban J connectivity index is 1.89. The number of halogens is 1. The van der Waals surface area contributed by atoms with Crippen molar-refractivity contribution in [3.63, 3.8) is 0 Å². The molecule has 2 rings (SSSR count). The van der Waals surface area contributed by atoms with Crippen molar-refractivity contribution < 1.29 is 9.50 Å². The maximum atomic E-state index is 13.1. The predicted molar refractivity (Wildman–Crippen MR) is 74.3 cm³/mol. The summed E-state index contributed by atoms with van der Waals surface area (Å²) in [5.74, 6) is 1.83. The van der Waals surface area contributed by atoms with Crippen LogP contribution >= 0.6 is 11.8 Å². The van der Waals surface area contributed by atoms with Crippen LogP contribution in [0.25, 0.3) is 0 Å². The van der Waals surface area contributed by atoms with E-state index in [0.29, 0.717) is 6.54 Å². The average molecular weight is 269 g/mol. The highest BCUT2D eigenvalue weighted by molar-refractivity contribution is 7.99. The van der Waals surface area contributed by atoms with E-state index in [1.807, 2.05) is 24.8 Å². The van der Waals surface area contributed by atoms with Crippen molar-refractivity contribution in [2.45, 2.75) is 31.4 Å². The van der Waals surface area contributed by atoms with Crippen molar-refractivity contribution in [3.8, 4) is 0 Å². The Bertz CT molecular complexity index is 393. The van der Waals surface area contributed by atoms with Crippen LogP contribution in [0.5, 0.6) is 0 Å². The second kappa shape index (κ2) is 6.04. The number of hydrogen-bond acceptors (Lipinski definition) is 3. The number of nitrogens with one attached hydrogen (secondary N) is 1. The minimum atomic E-state index is -0.590. The maximum absolute atomic E-state index is 13.1. The normalized spacial score (nSPS) is 20.6. The number of benzene rings is 1. The fourth-order valence-corrected chi connectivity index (χ4v) is 3.42. The van der Waals surface area contributed by atoms with Gasteiger partial charge < -0.3 is 10.4 Å². The van der Waals surface area contributed by atoms with Gasteiger partial charge in [0.15, 0.2) is 0 Å². The fourth-order valence-electron chi connectivity index (χ4n) is 2.16. The molecule has 0 spiro atoms. The summed E-state index contributed by atoms with van der Waals surface area (Å²) in [6.07, 6.45) is 1.67. The fraction of sp³-hybridized carbons (Fsp3) is 0.571. The Labute approximate surface area is 112 Å². The average Bonchev–Trinajstić information content (AvgIpc) is 2.37. The first kappa shape index (κ1) is 13.8. The Morgan fingerprint density at radius 1 is 1.44 bits per heavy atom. The second-order valence-electron chi connectivity index (χ2n) is 4.99. The molecular formula is C14H20FNOS. The number of rotatable bonds is 4. The van der Waals surface area contributed by atoms with Crippen LogP contribution in [0.15, 0.2) is 24.3 Å². The molecule has 1 saturated heterocycles. The van der Waals surface area contributed by atoms with E-state index < -0.39 is 5.60 Å². The van der Waals surface area contributed by atoms with Crippen molar-refractivity contribution in [1.82, 2.24) is 5.32 Å². The Hall–Kier alpha value is -0.580. The lowest BCUT2D eigenvalue weighted by molar-refractivity contribution is 0.0300. The molecule has 2 nitrogen and oxygen atoms in total. The van der Waals surface area contributed by atoms with Crippen LogP contribution in [0, 0.1) is 5.82 Å². The lowest BCUT2D eigenvalue weighted by Gasteiger charge is -2.33. The molecule has 1 atom stereocenters. The van der Waals surface area contributed by atoms with E-state index in [4.69, 9.17) is 0 Å². The minimum Gasteiger partial charge on any atom is -0.389 e. The van der Waals surface area contributed by atoms with Gasteiger partial charge in [-0.3, -0.25) is 0 Å². The maximum Gasteiger partial charge on any atom is 0.123 e. The zero-order valence-electron chi connectivity index (χ0n) is 10.7. The van der Waals surface area contributed by atoms with Gasteiger partial charge in [0.05, 0.1) is 5.60 Å². The van der Waals surface area contributed by atoms with Gasteiger partial charge in [-0.05, 0) is 49.0 Å². The highest BCUT2D eigenvalue weighted by Crippen LogP contribution is 2.27. The third kappa shape index (κ3) is 3.70. The topological polar surface area (TPSA) is 32.3 Å². The van der Waals surface area contributed by atoms with Crippen LogP contribution in [0.3, 0.4) is 0 Å². The van der Waals surface area contributed by atoms with Crippen LogP contribution in [0.1, 0.15) is 31.4 Å². The van der Waals surface area contributed by atoms with Gasteiger partial charge in [-0.1, -0.05) is 12.1 Å². The van der Waals surface area contributed by atoms with Crippen LogP contribution < -0.4 is 5.32 Å². The summed E-state index contributed by atoms with van der Waals surface area (Å²) in [6, 6.07) is 6.66. The third-order valence-corrected chi connectivity index (χ3v) is 4.50. The van der Waals surface area contributed by atoms with Gasteiger partial charge in [0.1, 0.15) is 5.82 Å². The monoisotopic (exact) mass is 269 g/mol. The molecule has 1 aromatic carbocycles. The molecule has 2 N–H and O–H groups in total. The van der Waals surface area contributed by atoms with Crippen LogP contribution in [-0.2, 0) is 0 Å². The second-order valence-corrected chi connectivity index (χ2v) is 6.22. The Kier molecular flexibility index (Phi) is 4.65. The molecule has 100 valence electrons. The molecule has 0 bridgehead atoms. The summed E-state index contributed by atoms with van der Waals surface area (Å²) in [6.45, 7) is 2.57. The van der Waals surface area contributed by atoms with E-state index in [0.717, 1.165) is 29.9 Å². The summed E-state index contributed by atoms with van der Waals surface area (Å²) < 4.78 is 13.1. The Morgan fingerprint density at radius 2 is 2.17 bits per heavy atom. The molecule has 1 aromatic rings. The first-order valence-electron chi connectivity index (χ1n) is 6.38. The molecule has 1 aliphatic heterocycles. The molecular weight excluding hydrogens is 249 g/mol. The molecule has 1 aliphatic rings. The van der Waals surface area contributed by atoms with Gasteiger partial charge in [-0.2, -0.15) is 11.8 Å². The summed E-state index contributed by atoms with van der Waals surface area (Å²) in [5, 5.41) is 13.7. The number of aliphatic hydroxyl groups is 1. The predicted octanol–water partition coefficient (Wildman–Crippen LogP) is 2.73. The molecule has 0 radical (unpaired) electrons. The van der Waals surface area contributed by atoms with Gasteiger partial charge >= 0.3 is 0 Å². The van der Waals surface area contributed by atoms with Crippen molar-refractivity contribution in [3.05, 3.63) is 35.6 Å². The molecule has 0 aliphatic carbocycles. The summed E-state index contributed by atoms with van der Waals surface area (Å²) in [7, 11) is 0. The van der Waals surface area contributed by atoms with E-state index in [9.17, 15) is 9.50 Å². The first-order chi connectivity index (χ1) is 8.59. The van der Waals surface area contributed by atoms with Gasteiger partial charge in [-0.15, -0.1) is 0 Å². The zero-order chi connectivity index (χ0) is 13.0. The molecule has 1 heterocycles. The number of thioether (sulfide) groups is 1. The number of hydrogen-bond donors (Lipinski definition) is 2. The van der Waals surface area contributed by atoms with Crippen molar-refractivity contribution >= 4 is 11.8 Å². The largest absolute Gasteiger partial charge is 0.389 e. The lowest BCUT2D eigenvalue weighted by Crippen LogP contribution is -2.44. The molecule has 18 heavy (non-hydrogen) atoms. The highest BCUT2D eigenvalue weighted by atomic mass is 32.2. The van der Waals surface area contributed by atoms with Gasteiger partial charge in [0.25, 0.3) is 0 Å². The van der Waals surface area contributed by atoms with Crippen LogP contribution in [-0.4, -0.2) is 28.8 Å². The standard InChI is InChI=1S/C14H20FNOS/c1-11(12-3-2-4-13(15)9-12)16-10-14(17)5-7-18-8-6-14/h2-4,9,11,16-17H,5-8,10H2,1H3. The molecule has 0 aromatic heterocycles. The quantitative estimate of drug-likeness (QED) is 0.881. The first-order valence-corrected chi connectivity index (χ1v) is 7.53. The van der Waals surface area contributed by atoms with Crippen molar-refractivity contribution in [2.24, 2.45) is 0 Å². The molecule has 4 heteroatoms. The Morgan fingerprint density at radius 3 is 2.83 bits per heavy atom. The molecule has 0 amide bonds. The zero-order valence-corrected chi connectivity index (χ0v) is 11.5. The van der Waals surface area contributed by atoms with Gasteiger partial charge in [0.2, 0.25) is 0 Å². The van der Waals surface area contributed by atoms with Crippen LogP contribution in [0.2, 0.25) is 0 Å². The SMILES string of the molecule is CC(NCC1(O)CCSCC1)c1cccc(F)c1. The van der Waals surface area contributed by atoms with E-state index in [1.54, 1.807) is 12.1 Å². The molecule has 1 unspecified atom stereocenters. The summed E-state index contributed by atoms with van der Waals surface area (Å²) >= 11 is 1.89. The third-order valence-electron chi connectivity index (χ3n) is 3.51. The lowest BCUT2D eigenvalue weighted by atomic mass is 9.96. The highest BCUT2D eigenvalue weighted by Gasteiger charge is 2.29. The van der Waals surface area contributed by atoms with E-state index in [1.165, 1.54) is 6.07 Å². The van der Waals surface area contributed by atoms with Crippen molar-refractivity contribution in [2.75, 3.05) is 18.1 Å². The smallest absolute Gasteiger partial charge is 0.123 e. The molecule has 0 saturated carbocycles. The summed E-state index contributed by atoms with van der Waals surface area (Å²) in [5.41, 5.74) is 0.330. The van der Waals surface area contributed by atoms with Crippen LogP contribution in [0.4, 0.5) is 4.39 Å². The minimum absolute atomic E-state index is 0.0549. The van der Waals surface area contributed by atoms with Gasteiger partial charge in [0, 0.05) is 12.6 Å².